The SMILES string of the molecule is CC(CSC(=O)c1ccccc1)C(=O)N1CC(Sc2ccccc2)C[C@@H]1C(=O)O. The second-order valence-electron chi connectivity index (χ2n) is 7.00. The van der Waals surface area contributed by atoms with Gasteiger partial charge < -0.3 is 10.0 Å². The lowest BCUT2D eigenvalue weighted by molar-refractivity contribution is -0.149. The van der Waals surface area contributed by atoms with E-state index in [2.05, 4.69) is 0 Å². The first-order chi connectivity index (χ1) is 14.0. The zero-order chi connectivity index (χ0) is 20.8. The molecule has 0 bridgehead atoms. The van der Waals surface area contributed by atoms with Crippen LogP contribution >= 0.6 is 23.5 Å². The average Bonchev–Trinajstić information content (AvgIpc) is 3.16. The summed E-state index contributed by atoms with van der Waals surface area (Å²) in [7, 11) is 0. The summed E-state index contributed by atoms with van der Waals surface area (Å²) in [6.07, 6.45) is 0.420. The van der Waals surface area contributed by atoms with Crippen LogP contribution in [-0.2, 0) is 9.59 Å². The van der Waals surface area contributed by atoms with Gasteiger partial charge in [0.1, 0.15) is 6.04 Å². The summed E-state index contributed by atoms with van der Waals surface area (Å²) in [4.78, 5) is 39.5. The van der Waals surface area contributed by atoms with Gasteiger partial charge in [0.2, 0.25) is 11.0 Å². The van der Waals surface area contributed by atoms with E-state index < -0.39 is 17.9 Å². The Labute approximate surface area is 178 Å². The highest BCUT2D eigenvalue weighted by Gasteiger charge is 2.41. The number of hydrogen-bond acceptors (Lipinski definition) is 5. The lowest BCUT2D eigenvalue weighted by atomic mass is 10.1. The highest BCUT2D eigenvalue weighted by atomic mass is 32.2. The fraction of sp³-hybridized carbons (Fsp3) is 0.318. The maximum absolute atomic E-state index is 12.9. The van der Waals surface area contributed by atoms with Crippen molar-refractivity contribution in [2.75, 3.05) is 12.3 Å². The minimum atomic E-state index is -0.977. The van der Waals surface area contributed by atoms with Crippen molar-refractivity contribution in [2.45, 2.75) is 29.5 Å². The molecular formula is C22H23NO4S2. The van der Waals surface area contributed by atoms with E-state index in [9.17, 15) is 19.5 Å². The summed E-state index contributed by atoms with van der Waals surface area (Å²) in [6, 6.07) is 17.9. The Kier molecular flexibility index (Phi) is 7.39. The quantitative estimate of drug-likeness (QED) is 0.716. The Hall–Kier alpha value is -2.25. The molecule has 1 aliphatic heterocycles. The van der Waals surface area contributed by atoms with E-state index in [0.29, 0.717) is 24.3 Å². The summed E-state index contributed by atoms with van der Waals surface area (Å²) >= 11 is 2.70. The number of likely N-dealkylation sites (tertiary alicyclic amines) is 1. The molecule has 0 saturated carbocycles. The third-order valence-electron chi connectivity index (χ3n) is 4.77. The van der Waals surface area contributed by atoms with Crippen molar-refractivity contribution >= 4 is 40.5 Å². The number of hydrogen-bond donors (Lipinski definition) is 1. The van der Waals surface area contributed by atoms with Crippen molar-refractivity contribution in [1.82, 2.24) is 4.90 Å². The van der Waals surface area contributed by atoms with Gasteiger partial charge in [-0.2, -0.15) is 0 Å². The molecule has 1 N–H and O–H groups in total. The third kappa shape index (κ3) is 5.64. The van der Waals surface area contributed by atoms with Crippen LogP contribution in [0.1, 0.15) is 23.7 Å². The van der Waals surface area contributed by atoms with Gasteiger partial charge in [0.15, 0.2) is 0 Å². The smallest absolute Gasteiger partial charge is 0.326 e. The number of carbonyl (C=O) groups excluding carboxylic acids is 2. The summed E-state index contributed by atoms with van der Waals surface area (Å²) in [5, 5.41) is 9.55. The zero-order valence-corrected chi connectivity index (χ0v) is 17.7. The van der Waals surface area contributed by atoms with Crippen molar-refractivity contribution in [1.29, 1.82) is 0 Å². The molecule has 0 aromatic heterocycles. The van der Waals surface area contributed by atoms with Crippen LogP contribution in [0.4, 0.5) is 0 Å². The maximum atomic E-state index is 12.9. The Balaban J connectivity index is 1.59. The van der Waals surface area contributed by atoms with Crippen LogP contribution in [-0.4, -0.2) is 50.6 Å². The Bertz CT molecular complexity index is 860. The molecule has 2 aromatic carbocycles. The van der Waals surface area contributed by atoms with E-state index in [1.54, 1.807) is 43.0 Å². The molecule has 3 atom stereocenters. The normalized spacial score (nSPS) is 19.7. The highest BCUT2D eigenvalue weighted by molar-refractivity contribution is 8.14. The highest BCUT2D eigenvalue weighted by Crippen LogP contribution is 2.34. The molecule has 1 fully saturated rings. The molecule has 1 heterocycles. The molecule has 152 valence electrons. The number of carboxylic acid groups (broad SMARTS) is 1. The maximum Gasteiger partial charge on any atom is 0.326 e. The monoisotopic (exact) mass is 429 g/mol. The van der Waals surface area contributed by atoms with Gasteiger partial charge in [-0.05, 0) is 18.6 Å². The number of nitrogens with zero attached hydrogens (tertiary/aromatic N) is 1. The molecule has 0 radical (unpaired) electrons. The van der Waals surface area contributed by atoms with Crippen LogP contribution in [0.3, 0.4) is 0 Å². The van der Waals surface area contributed by atoms with Gasteiger partial charge in [-0.1, -0.05) is 67.2 Å². The predicted molar refractivity (Wildman–Crippen MR) is 116 cm³/mol. The first kappa shape index (κ1) is 21.5. The lowest BCUT2D eigenvalue weighted by Crippen LogP contribution is -2.43. The van der Waals surface area contributed by atoms with Crippen LogP contribution in [0.2, 0.25) is 0 Å². The van der Waals surface area contributed by atoms with Gasteiger partial charge in [-0.25, -0.2) is 4.79 Å². The Morgan fingerprint density at radius 1 is 1.07 bits per heavy atom. The second-order valence-corrected chi connectivity index (χ2v) is 9.37. The van der Waals surface area contributed by atoms with Gasteiger partial charge >= 0.3 is 5.97 Å². The first-order valence-electron chi connectivity index (χ1n) is 9.43. The van der Waals surface area contributed by atoms with Crippen LogP contribution in [0.5, 0.6) is 0 Å². The van der Waals surface area contributed by atoms with E-state index in [-0.39, 0.29) is 16.3 Å². The van der Waals surface area contributed by atoms with E-state index in [1.165, 1.54) is 4.90 Å². The number of thioether (sulfide) groups is 2. The predicted octanol–water partition coefficient (Wildman–Crippen LogP) is 4.04. The van der Waals surface area contributed by atoms with E-state index >= 15 is 0 Å². The first-order valence-corrected chi connectivity index (χ1v) is 11.3. The van der Waals surface area contributed by atoms with Crippen LogP contribution in [0.15, 0.2) is 65.6 Å². The van der Waals surface area contributed by atoms with Crippen molar-refractivity contribution < 1.29 is 19.5 Å². The minimum absolute atomic E-state index is 0.0354. The van der Waals surface area contributed by atoms with Gasteiger partial charge in [0.05, 0.1) is 0 Å². The van der Waals surface area contributed by atoms with Crippen LogP contribution in [0, 0.1) is 5.92 Å². The van der Waals surface area contributed by atoms with E-state index in [1.807, 2.05) is 36.4 Å². The molecule has 1 aliphatic rings. The van der Waals surface area contributed by atoms with Gasteiger partial charge in [-0.3, -0.25) is 9.59 Å². The van der Waals surface area contributed by atoms with E-state index in [0.717, 1.165) is 16.7 Å². The number of carbonyl (C=O) groups is 3. The molecule has 0 spiro atoms. The zero-order valence-electron chi connectivity index (χ0n) is 16.1. The number of rotatable bonds is 7. The molecule has 1 saturated heterocycles. The molecule has 1 amide bonds. The van der Waals surface area contributed by atoms with Crippen molar-refractivity contribution in [3.05, 3.63) is 66.2 Å². The number of amides is 1. The standard InChI is InChI=1S/C22H23NO4S2/c1-15(14-28-22(27)16-8-4-2-5-9-16)20(24)23-13-18(12-19(23)21(25)26)29-17-10-6-3-7-11-17/h2-11,15,18-19H,12-14H2,1H3,(H,25,26)/t15?,18?,19-/m1/s1. The topological polar surface area (TPSA) is 74.7 Å². The second kappa shape index (κ2) is 9.98. The Morgan fingerprint density at radius 3 is 2.31 bits per heavy atom. The number of carboxylic acids is 1. The molecule has 5 nitrogen and oxygen atoms in total. The number of aliphatic carboxylic acids is 1. The lowest BCUT2D eigenvalue weighted by Gasteiger charge is -2.24. The molecule has 29 heavy (non-hydrogen) atoms. The Morgan fingerprint density at radius 2 is 1.69 bits per heavy atom. The van der Waals surface area contributed by atoms with E-state index in [4.69, 9.17) is 0 Å². The molecule has 7 heteroatoms. The minimum Gasteiger partial charge on any atom is -0.480 e. The van der Waals surface area contributed by atoms with Crippen molar-refractivity contribution in [3.8, 4) is 0 Å². The van der Waals surface area contributed by atoms with Crippen molar-refractivity contribution in [2.24, 2.45) is 5.92 Å². The van der Waals surface area contributed by atoms with Crippen LogP contribution in [0.25, 0.3) is 0 Å². The van der Waals surface area contributed by atoms with Crippen molar-refractivity contribution in [3.63, 3.8) is 0 Å². The van der Waals surface area contributed by atoms with Crippen LogP contribution < -0.4 is 0 Å². The summed E-state index contributed by atoms with van der Waals surface area (Å²) in [5.41, 5.74) is 0.598. The molecule has 2 unspecified atom stereocenters. The average molecular weight is 430 g/mol. The fourth-order valence-electron chi connectivity index (χ4n) is 3.26. The summed E-state index contributed by atoms with van der Waals surface area (Å²) in [5.74, 6) is -1.29. The fourth-order valence-corrected chi connectivity index (χ4v) is 5.32. The summed E-state index contributed by atoms with van der Waals surface area (Å²) < 4.78 is 0. The largest absolute Gasteiger partial charge is 0.480 e. The molecular weight excluding hydrogens is 406 g/mol. The van der Waals surface area contributed by atoms with Gasteiger partial charge in [-0.15, -0.1) is 11.8 Å². The third-order valence-corrected chi connectivity index (χ3v) is 7.16. The molecule has 3 rings (SSSR count). The molecule has 0 aliphatic carbocycles. The molecule has 2 aromatic rings. The van der Waals surface area contributed by atoms with Gasteiger partial charge in [0.25, 0.3) is 0 Å². The summed E-state index contributed by atoms with van der Waals surface area (Å²) in [6.45, 7) is 2.15. The number of benzene rings is 2. The van der Waals surface area contributed by atoms with Gasteiger partial charge in [0, 0.05) is 33.9 Å².